The Bertz CT molecular complexity index is 339. The van der Waals surface area contributed by atoms with Crippen molar-refractivity contribution in [3.05, 3.63) is 22.4 Å². The molecule has 0 saturated heterocycles. The molecule has 3 heteroatoms. The topological polar surface area (TPSA) is 15.3 Å². The minimum Gasteiger partial charge on any atom is -0.312 e. The maximum absolute atomic E-state index is 3.75. The summed E-state index contributed by atoms with van der Waals surface area (Å²) in [6, 6.07) is 2.85. The lowest BCUT2D eigenvalue weighted by Gasteiger charge is -2.44. The van der Waals surface area contributed by atoms with Crippen molar-refractivity contribution in [2.24, 2.45) is 0 Å². The third-order valence-corrected chi connectivity index (χ3v) is 5.21. The van der Waals surface area contributed by atoms with Crippen molar-refractivity contribution in [2.75, 3.05) is 20.6 Å². The standard InChI is InChI=1S/C15H26N2S/c1-4-16-14(11-13-7-10-18-12-13)15(17(2)3)8-5-6-9-15/h7,10,12,14,16H,4-6,8-9,11H2,1-3H3. The summed E-state index contributed by atoms with van der Waals surface area (Å²) in [5.41, 5.74) is 1.84. The number of nitrogens with zero attached hydrogens (tertiary/aromatic N) is 1. The van der Waals surface area contributed by atoms with Crippen molar-refractivity contribution in [3.8, 4) is 0 Å². The molecule has 102 valence electrons. The van der Waals surface area contributed by atoms with E-state index in [1.165, 1.54) is 31.2 Å². The first kappa shape index (κ1) is 14.0. The third kappa shape index (κ3) is 2.79. The molecule has 2 rings (SSSR count). The van der Waals surface area contributed by atoms with Crippen LogP contribution >= 0.6 is 11.3 Å². The Kier molecular flexibility index (Phi) is 4.82. The molecule has 0 radical (unpaired) electrons. The van der Waals surface area contributed by atoms with Gasteiger partial charge in [-0.2, -0.15) is 11.3 Å². The molecule has 0 amide bonds. The van der Waals surface area contributed by atoms with E-state index in [2.05, 4.69) is 48.1 Å². The largest absolute Gasteiger partial charge is 0.312 e. The van der Waals surface area contributed by atoms with Gasteiger partial charge in [0.15, 0.2) is 0 Å². The Morgan fingerprint density at radius 3 is 2.61 bits per heavy atom. The first-order valence-electron chi connectivity index (χ1n) is 7.11. The molecule has 1 aliphatic carbocycles. The van der Waals surface area contributed by atoms with Crippen molar-refractivity contribution in [1.82, 2.24) is 10.2 Å². The SMILES string of the molecule is CCNC(Cc1ccsc1)C1(N(C)C)CCCC1. The first-order chi connectivity index (χ1) is 8.69. The number of hydrogen-bond donors (Lipinski definition) is 1. The summed E-state index contributed by atoms with van der Waals surface area (Å²) in [4.78, 5) is 2.47. The fraction of sp³-hybridized carbons (Fsp3) is 0.733. The molecule has 1 aromatic rings. The van der Waals surface area contributed by atoms with Crippen LogP contribution in [0.2, 0.25) is 0 Å². The van der Waals surface area contributed by atoms with E-state index in [1.807, 2.05) is 11.3 Å². The highest BCUT2D eigenvalue weighted by molar-refractivity contribution is 7.07. The van der Waals surface area contributed by atoms with Crippen LogP contribution in [0.25, 0.3) is 0 Å². The number of nitrogens with one attached hydrogen (secondary N) is 1. The van der Waals surface area contributed by atoms with Gasteiger partial charge in [0.1, 0.15) is 0 Å². The molecule has 0 aromatic carbocycles. The molecule has 1 aliphatic rings. The van der Waals surface area contributed by atoms with Crippen LogP contribution in [-0.4, -0.2) is 37.1 Å². The second-order valence-corrected chi connectivity index (χ2v) is 6.43. The van der Waals surface area contributed by atoms with Gasteiger partial charge >= 0.3 is 0 Å². The highest BCUT2D eigenvalue weighted by atomic mass is 32.1. The zero-order valence-electron chi connectivity index (χ0n) is 11.9. The van der Waals surface area contributed by atoms with Crippen molar-refractivity contribution in [2.45, 2.75) is 50.6 Å². The van der Waals surface area contributed by atoms with Gasteiger partial charge in [0.25, 0.3) is 0 Å². The van der Waals surface area contributed by atoms with Crippen LogP contribution in [0.15, 0.2) is 16.8 Å². The average Bonchev–Trinajstić information content (AvgIpc) is 3.00. The molecule has 2 nitrogen and oxygen atoms in total. The number of rotatable bonds is 6. The molecule has 1 heterocycles. The molecule has 18 heavy (non-hydrogen) atoms. The fourth-order valence-corrected chi connectivity index (χ4v) is 4.12. The molecular weight excluding hydrogens is 240 g/mol. The lowest BCUT2D eigenvalue weighted by atomic mass is 9.83. The predicted molar refractivity (Wildman–Crippen MR) is 80.4 cm³/mol. The van der Waals surface area contributed by atoms with Crippen molar-refractivity contribution < 1.29 is 0 Å². The van der Waals surface area contributed by atoms with Crippen LogP contribution in [0, 0.1) is 0 Å². The Labute approximate surface area is 115 Å². The quantitative estimate of drug-likeness (QED) is 0.851. The zero-order valence-corrected chi connectivity index (χ0v) is 12.7. The molecule has 0 spiro atoms. The molecule has 1 fully saturated rings. The van der Waals surface area contributed by atoms with Crippen LogP contribution in [0.1, 0.15) is 38.2 Å². The maximum Gasteiger partial charge on any atom is 0.0359 e. The van der Waals surface area contributed by atoms with E-state index in [4.69, 9.17) is 0 Å². The van der Waals surface area contributed by atoms with Gasteiger partial charge in [-0.05, 0) is 62.3 Å². The highest BCUT2D eigenvalue weighted by Crippen LogP contribution is 2.38. The summed E-state index contributed by atoms with van der Waals surface area (Å²) in [5, 5.41) is 8.23. The van der Waals surface area contributed by atoms with Gasteiger partial charge in [-0.3, -0.25) is 0 Å². The summed E-state index contributed by atoms with van der Waals surface area (Å²) in [5.74, 6) is 0. The van der Waals surface area contributed by atoms with E-state index in [0.29, 0.717) is 11.6 Å². The Morgan fingerprint density at radius 1 is 1.39 bits per heavy atom. The maximum atomic E-state index is 3.75. The second-order valence-electron chi connectivity index (χ2n) is 5.65. The van der Waals surface area contributed by atoms with Gasteiger partial charge in [-0.25, -0.2) is 0 Å². The molecule has 1 atom stereocenters. The van der Waals surface area contributed by atoms with E-state index in [9.17, 15) is 0 Å². The van der Waals surface area contributed by atoms with Crippen LogP contribution in [0.4, 0.5) is 0 Å². The monoisotopic (exact) mass is 266 g/mol. The molecule has 1 saturated carbocycles. The van der Waals surface area contributed by atoms with Gasteiger partial charge in [-0.15, -0.1) is 0 Å². The Balaban J connectivity index is 2.16. The predicted octanol–water partition coefficient (Wildman–Crippen LogP) is 3.14. The fourth-order valence-electron chi connectivity index (χ4n) is 3.44. The van der Waals surface area contributed by atoms with Gasteiger partial charge < -0.3 is 10.2 Å². The normalized spacial score (nSPS) is 20.4. The molecule has 1 unspecified atom stereocenters. The minimum atomic E-state index is 0.359. The van der Waals surface area contributed by atoms with Crippen molar-refractivity contribution in [1.29, 1.82) is 0 Å². The number of thiophene rings is 1. The van der Waals surface area contributed by atoms with Crippen molar-refractivity contribution in [3.63, 3.8) is 0 Å². The molecule has 0 bridgehead atoms. The second kappa shape index (κ2) is 6.18. The van der Waals surface area contributed by atoms with Gasteiger partial charge in [0.2, 0.25) is 0 Å². The third-order valence-electron chi connectivity index (χ3n) is 4.48. The minimum absolute atomic E-state index is 0.359. The number of hydrogen-bond acceptors (Lipinski definition) is 3. The lowest BCUT2D eigenvalue weighted by Crippen LogP contribution is -2.58. The van der Waals surface area contributed by atoms with E-state index in [0.717, 1.165) is 13.0 Å². The number of likely N-dealkylation sites (N-methyl/N-ethyl adjacent to an activating group) is 2. The molecule has 0 aliphatic heterocycles. The lowest BCUT2D eigenvalue weighted by molar-refractivity contribution is 0.105. The van der Waals surface area contributed by atoms with Crippen LogP contribution in [-0.2, 0) is 6.42 Å². The Hall–Kier alpha value is -0.380. The van der Waals surface area contributed by atoms with Crippen molar-refractivity contribution >= 4 is 11.3 Å². The van der Waals surface area contributed by atoms with E-state index < -0.39 is 0 Å². The molecule has 1 N–H and O–H groups in total. The summed E-state index contributed by atoms with van der Waals surface area (Å²) in [6.45, 7) is 3.28. The zero-order chi connectivity index (χ0) is 13.0. The van der Waals surface area contributed by atoms with Gasteiger partial charge in [-0.1, -0.05) is 19.8 Å². The van der Waals surface area contributed by atoms with E-state index >= 15 is 0 Å². The molecular formula is C15H26N2S. The van der Waals surface area contributed by atoms with E-state index in [-0.39, 0.29) is 0 Å². The summed E-state index contributed by atoms with van der Waals surface area (Å²) < 4.78 is 0. The summed E-state index contributed by atoms with van der Waals surface area (Å²) in [6.07, 6.45) is 6.59. The van der Waals surface area contributed by atoms with Crippen LogP contribution in [0.3, 0.4) is 0 Å². The summed E-state index contributed by atoms with van der Waals surface area (Å²) >= 11 is 1.81. The van der Waals surface area contributed by atoms with Crippen LogP contribution < -0.4 is 5.32 Å². The highest BCUT2D eigenvalue weighted by Gasteiger charge is 2.42. The van der Waals surface area contributed by atoms with Gasteiger partial charge in [0, 0.05) is 11.6 Å². The first-order valence-corrected chi connectivity index (χ1v) is 8.05. The average molecular weight is 266 g/mol. The summed E-state index contributed by atoms with van der Waals surface area (Å²) in [7, 11) is 4.51. The van der Waals surface area contributed by atoms with Crippen LogP contribution in [0.5, 0.6) is 0 Å². The van der Waals surface area contributed by atoms with E-state index in [1.54, 1.807) is 0 Å². The Morgan fingerprint density at radius 2 is 2.11 bits per heavy atom. The molecule has 1 aromatic heterocycles. The van der Waals surface area contributed by atoms with Gasteiger partial charge in [0.05, 0.1) is 0 Å². The smallest absolute Gasteiger partial charge is 0.0359 e.